The van der Waals surface area contributed by atoms with Crippen LogP contribution in [-0.2, 0) is 0 Å². The summed E-state index contributed by atoms with van der Waals surface area (Å²) in [6.07, 6.45) is 0.973. The lowest BCUT2D eigenvalue weighted by Gasteiger charge is -2.25. The number of hydrogen-bond acceptors (Lipinski definition) is 3. The summed E-state index contributed by atoms with van der Waals surface area (Å²) in [6.45, 7) is 5.50. The molecular formula is C14H24N2O. The van der Waals surface area contributed by atoms with Crippen LogP contribution in [0.5, 0.6) is 5.75 Å². The topological polar surface area (TPSA) is 38.5 Å². The molecule has 1 aromatic rings. The van der Waals surface area contributed by atoms with Crippen LogP contribution in [0.2, 0.25) is 0 Å². The van der Waals surface area contributed by atoms with Gasteiger partial charge in [-0.2, -0.15) is 0 Å². The monoisotopic (exact) mass is 236 g/mol. The van der Waals surface area contributed by atoms with Crippen molar-refractivity contribution >= 4 is 0 Å². The van der Waals surface area contributed by atoms with Crippen molar-refractivity contribution in [1.29, 1.82) is 0 Å². The molecule has 3 heteroatoms. The molecule has 0 spiro atoms. The number of ether oxygens (including phenoxy) is 1. The average molecular weight is 236 g/mol. The van der Waals surface area contributed by atoms with Gasteiger partial charge in [0.1, 0.15) is 5.75 Å². The molecule has 96 valence electrons. The van der Waals surface area contributed by atoms with Crippen molar-refractivity contribution in [2.24, 2.45) is 5.73 Å². The van der Waals surface area contributed by atoms with Gasteiger partial charge >= 0.3 is 0 Å². The zero-order valence-electron chi connectivity index (χ0n) is 11.4. The van der Waals surface area contributed by atoms with Gasteiger partial charge in [-0.15, -0.1) is 0 Å². The second kappa shape index (κ2) is 6.62. The Bertz CT molecular complexity index is 350. The maximum absolute atomic E-state index is 5.67. The number of nitrogens with zero attached hydrogens (tertiary/aromatic N) is 1. The van der Waals surface area contributed by atoms with Crippen molar-refractivity contribution in [3.63, 3.8) is 0 Å². The Hall–Kier alpha value is -1.06. The smallest absolute Gasteiger partial charge is 0.122 e. The molecule has 1 atom stereocenters. The molecule has 0 aliphatic heterocycles. The van der Waals surface area contributed by atoms with E-state index >= 15 is 0 Å². The number of hydrogen-bond donors (Lipinski definition) is 1. The second-order valence-electron chi connectivity index (χ2n) is 4.51. The van der Waals surface area contributed by atoms with Crippen LogP contribution in [0.4, 0.5) is 0 Å². The lowest BCUT2D eigenvalue weighted by atomic mass is 10.0. The summed E-state index contributed by atoms with van der Waals surface area (Å²) in [5.74, 6) is 0.974. The highest BCUT2D eigenvalue weighted by Crippen LogP contribution is 2.26. The van der Waals surface area contributed by atoms with Gasteiger partial charge in [0.05, 0.1) is 6.61 Å². The molecule has 1 aromatic carbocycles. The van der Waals surface area contributed by atoms with Crippen molar-refractivity contribution < 1.29 is 4.74 Å². The highest BCUT2D eigenvalue weighted by atomic mass is 16.5. The van der Waals surface area contributed by atoms with E-state index in [9.17, 15) is 0 Å². The standard InChI is InChI=1S/C14H24N2O/c1-5-17-14-7-6-12(10-11(14)2)13(8-9-15)16(3)4/h6-7,10,13H,5,8-9,15H2,1-4H3. The molecule has 0 bridgehead atoms. The van der Waals surface area contributed by atoms with Gasteiger partial charge in [0.2, 0.25) is 0 Å². The fourth-order valence-corrected chi connectivity index (χ4v) is 2.08. The van der Waals surface area contributed by atoms with Crippen molar-refractivity contribution in [3.8, 4) is 5.75 Å². The van der Waals surface area contributed by atoms with E-state index in [0.29, 0.717) is 19.2 Å². The predicted molar refractivity (Wildman–Crippen MR) is 72.4 cm³/mol. The van der Waals surface area contributed by atoms with Crippen LogP contribution in [-0.4, -0.2) is 32.1 Å². The van der Waals surface area contributed by atoms with E-state index in [1.807, 2.05) is 6.92 Å². The van der Waals surface area contributed by atoms with Crippen molar-refractivity contribution in [3.05, 3.63) is 29.3 Å². The molecule has 0 aliphatic rings. The first-order valence-corrected chi connectivity index (χ1v) is 6.20. The minimum absolute atomic E-state index is 0.384. The number of rotatable bonds is 6. The van der Waals surface area contributed by atoms with Gasteiger partial charge in [0, 0.05) is 6.04 Å². The van der Waals surface area contributed by atoms with Crippen LogP contribution < -0.4 is 10.5 Å². The Balaban J connectivity index is 2.93. The van der Waals surface area contributed by atoms with E-state index in [1.165, 1.54) is 11.1 Å². The summed E-state index contributed by atoms with van der Waals surface area (Å²) in [7, 11) is 4.18. The first kappa shape index (κ1) is 14.0. The molecular weight excluding hydrogens is 212 g/mol. The minimum Gasteiger partial charge on any atom is -0.494 e. The maximum atomic E-state index is 5.67. The molecule has 0 saturated heterocycles. The predicted octanol–water partition coefficient (Wildman–Crippen LogP) is 2.35. The summed E-state index contributed by atoms with van der Waals surface area (Å²) in [6, 6.07) is 6.78. The zero-order chi connectivity index (χ0) is 12.8. The molecule has 0 radical (unpaired) electrons. The van der Waals surface area contributed by atoms with Gasteiger partial charge < -0.3 is 15.4 Å². The Kier molecular flexibility index (Phi) is 5.45. The molecule has 1 rings (SSSR count). The Morgan fingerprint density at radius 2 is 2.06 bits per heavy atom. The van der Waals surface area contributed by atoms with E-state index in [2.05, 4.69) is 44.1 Å². The van der Waals surface area contributed by atoms with Crippen molar-refractivity contribution in [2.45, 2.75) is 26.3 Å². The van der Waals surface area contributed by atoms with Crippen LogP contribution >= 0.6 is 0 Å². The number of nitrogens with two attached hydrogens (primary N) is 1. The third-order valence-electron chi connectivity index (χ3n) is 2.95. The third-order valence-corrected chi connectivity index (χ3v) is 2.95. The molecule has 0 amide bonds. The summed E-state index contributed by atoms with van der Waals surface area (Å²) in [4.78, 5) is 2.21. The summed E-state index contributed by atoms with van der Waals surface area (Å²) in [5.41, 5.74) is 8.16. The third kappa shape index (κ3) is 3.72. The lowest BCUT2D eigenvalue weighted by molar-refractivity contribution is 0.286. The Labute approximate surface area is 105 Å². The van der Waals surface area contributed by atoms with E-state index in [-0.39, 0.29) is 0 Å². The minimum atomic E-state index is 0.384. The normalized spacial score (nSPS) is 12.8. The quantitative estimate of drug-likeness (QED) is 0.824. The van der Waals surface area contributed by atoms with Crippen molar-refractivity contribution in [1.82, 2.24) is 4.90 Å². The fourth-order valence-electron chi connectivity index (χ4n) is 2.08. The highest BCUT2D eigenvalue weighted by Gasteiger charge is 2.14. The fraction of sp³-hybridized carbons (Fsp3) is 0.571. The SMILES string of the molecule is CCOc1ccc(C(CCN)N(C)C)cc1C. The van der Waals surface area contributed by atoms with E-state index in [1.54, 1.807) is 0 Å². The van der Waals surface area contributed by atoms with E-state index in [4.69, 9.17) is 10.5 Å². The maximum Gasteiger partial charge on any atom is 0.122 e. The van der Waals surface area contributed by atoms with Crippen molar-refractivity contribution in [2.75, 3.05) is 27.2 Å². The molecule has 17 heavy (non-hydrogen) atoms. The summed E-state index contributed by atoms with van der Waals surface area (Å²) in [5, 5.41) is 0. The van der Waals surface area contributed by atoms with Gasteiger partial charge in [-0.25, -0.2) is 0 Å². The van der Waals surface area contributed by atoms with Gasteiger partial charge in [0.25, 0.3) is 0 Å². The van der Waals surface area contributed by atoms with Crippen LogP contribution in [0, 0.1) is 6.92 Å². The molecule has 3 nitrogen and oxygen atoms in total. The van der Waals surface area contributed by atoms with E-state index in [0.717, 1.165) is 12.2 Å². The zero-order valence-corrected chi connectivity index (χ0v) is 11.4. The molecule has 1 unspecified atom stereocenters. The van der Waals surface area contributed by atoms with Gasteiger partial charge in [-0.3, -0.25) is 0 Å². The molecule has 0 aromatic heterocycles. The van der Waals surface area contributed by atoms with Gasteiger partial charge in [-0.1, -0.05) is 12.1 Å². The number of benzene rings is 1. The van der Waals surface area contributed by atoms with Gasteiger partial charge in [0.15, 0.2) is 0 Å². The van der Waals surface area contributed by atoms with E-state index < -0.39 is 0 Å². The lowest BCUT2D eigenvalue weighted by Crippen LogP contribution is -2.22. The van der Waals surface area contributed by atoms with Gasteiger partial charge in [-0.05, 0) is 58.1 Å². The molecule has 2 N–H and O–H groups in total. The van der Waals surface area contributed by atoms with Crippen LogP contribution in [0.1, 0.15) is 30.5 Å². The van der Waals surface area contributed by atoms with Crippen LogP contribution in [0.15, 0.2) is 18.2 Å². The molecule has 0 aliphatic carbocycles. The Morgan fingerprint density at radius 1 is 1.35 bits per heavy atom. The Morgan fingerprint density at radius 3 is 2.53 bits per heavy atom. The molecule has 0 fully saturated rings. The average Bonchev–Trinajstić information content (AvgIpc) is 2.28. The first-order chi connectivity index (χ1) is 8.10. The molecule has 0 saturated carbocycles. The first-order valence-electron chi connectivity index (χ1n) is 6.20. The summed E-state index contributed by atoms with van der Waals surface area (Å²) < 4.78 is 5.55. The van der Waals surface area contributed by atoms with Crippen LogP contribution in [0.3, 0.4) is 0 Å². The molecule has 0 heterocycles. The largest absolute Gasteiger partial charge is 0.494 e. The second-order valence-corrected chi connectivity index (χ2v) is 4.51. The number of aryl methyl sites for hydroxylation is 1. The summed E-state index contributed by atoms with van der Waals surface area (Å²) >= 11 is 0. The highest BCUT2D eigenvalue weighted by molar-refractivity contribution is 5.37. The van der Waals surface area contributed by atoms with Crippen LogP contribution in [0.25, 0.3) is 0 Å².